The van der Waals surface area contributed by atoms with E-state index in [-0.39, 0.29) is 6.61 Å². The molecule has 0 saturated carbocycles. The van der Waals surface area contributed by atoms with Gasteiger partial charge in [0.2, 0.25) is 0 Å². The maximum absolute atomic E-state index is 10.5. The van der Waals surface area contributed by atoms with Gasteiger partial charge in [0.25, 0.3) is 0 Å². The molecule has 0 saturated heterocycles. The largest absolute Gasteiger partial charge is 0.779 e. The van der Waals surface area contributed by atoms with E-state index in [9.17, 15) is 9.46 Å². The van der Waals surface area contributed by atoms with Crippen molar-refractivity contribution < 1.29 is 18.5 Å². The van der Waals surface area contributed by atoms with Crippen LogP contribution in [-0.4, -0.2) is 45.4 Å². The van der Waals surface area contributed by atoms with E-state index in [1.807, 2.05) is 21.1 Å². The second-order valence-corrected chi connectivity index (χ2v) is 5.42. The molecule has 0 amide bonds. The number of likely N-dealkylation sites (N-methyl/N-ethyl adjacent to an activating group) is 1. The summed E-state index contributed by atoms with van der Waals surface area (Å²) in [5.74, 6) is 0. The minimum Gasteiger partial charge on any atom is -0.779 e. The molecule has 4 nitrogen and oxygen atoms in total. The molecule has 0 heterocycles. The average molecular weight is 181 g/mol. The molecular weight excluding hydrogens is 165 g/mol. The van der Waals surface area contributed by atoms with Crippen molar-refractivity contribution in [2.45, 2.75) is 0 Å². The highest BCUT2D eigenvalue weighted by Crippen LogP contribution is 2.30. The fraction of sp³-hybridized carbons (Fsp3) is 1.00. The molecule has 1 atom stereocenters. The molecule has 0 fully saturated rings. The van der Waals surface area contributed by atoms with E-state index in [0.29, 0.717) is 11.0 Å². The molecule has 0 radical (unpaired) electrons. The molecule has 0 rings (SSSR count). The van der Waals surface area contributed by atoms with Crippen molar-refractivity contribution in [3.63, 3.8) is 0 Å². The van der Waals surface area contributed by atoms with Gasteiger partial charge in [-0.15, -0.1) is 0 Å². The summed E-state index contributed by atoms with van der Waals surface area (Å²) in [6, 6.07) is 0. The van der Waals surface area contributed by atoms with Crippen molar-refractivity contribution in [2.24, 2.45) is 0 Å². The lowest BCUT2D eigenvalue weighted by Crippen LogP contribution is -2.37. The lowest BCUT2D eigenvalue weighted by molar-refractivity contribution is -0.870. The molecule has 0 aliphatic heterocycles. The van der Waals surface area contributed by atoms with Gasteiger partial charge in [0.15, 0.2) is 0 Å². The van der Waals surface area contributed by atoms with Crippen LogP contribution in [0.4, 0.5) is 0 Å². The van der Waals surface area contributed by atoms with Gasteiger partial charge in [0.1, 0.15) is 20.7 Å². The highest BCUT2D eigenvalue weighted by atomic mass is 31.2. The zero-order chi connectivity index (χ0) is 9.12. The summed E-state index contributed by atoms with van der Waals surface area (Å²) in [7, 11) is 2.43. The minimum atomic E-state index is -3.51. The first-order valence-corrected chi connectivity index (χ1v) is 5.43. The molecule has 0 aliphatic carbocycles. The molecule has 68 valence electrons. The van der Waals surface area contributed by atoms with Gasteiger partial charge in [-0.1, -0.05) is 0 Å². The van der Waals surface area contributed by atoms with E-state index in [2.05, 4.69) is 4.52 Å². The fourth-order valence-corrected chi connectivity index (χ4v) is 0.894. The summed E-state index contributed by atoms with van der Waals surface area (Å²) >= 11 is 0. The Kier molecular flexibility index (Phi) is 3.71. The van der Waals surface area contributed by atoms with Gasteiger partial charge in [0, 0.05) is 6.66 Å². The standard InChI is InChI=1S/C6H16NO3P/c1-7(2,3)5-6-10-11(4,8)9/h5-6H2,1-4H3. The summed E-state index contributed by atoms with van der Waals surface area (Å²) in [5.41, 5.74) is 0. The third-order valence-corrected chi connectivity index (χ3v) is 1.74. The summed E-state index contributed by atoms with van der Waals surface area (Å²) in [5, 5.41) is 0. The second-order valence-electron chi connectivity index (χ2n) is 3.62. The Morgan fingerprint density at radius 2 is 1.91 bits per heavy atom. The van der Waals surface area contributed by atoms with E-state index < -0.39 is 7.60 Å². The van der Waals surface area contributed by atoms with Crippen LogP contribution in [0.15, 0.2) is 0 Å². The van der Waals surface area contributed by atoms with Crippen molar-refractivity contribution in [2.75, 3.05) is 41.0 Å². The van der Waals surface area contributed by atoms with E-state index in [1.54, 1.807) is 0 Å². The summed E-state index contributed by atoms with van der Waals surface area (Å²) in [6.07, 6.45) is 0. The molecule has 0 N–H and O–H groups in total. The van der Waals surface area contributed by atoms with Crippen LogP contribution < -0.4 is 4.89 Å². The normalized spacial score (nSPS) is 17.9. The first-order chi connectivity index (χ1) is 4.71. The number of quaternary nitrogens is 1. The first kappa shape index (κ1) is 11.1. The van der Waals surface area contributed by atoms with Crippen LogP contribution in [0.5, 0.6) is 0 Å². The van der Waals surface area contributed by atoms with Gasteiger partial charge in [0.05, 0.1) is 21.1 Å². The SMILES string of the molecule is C[N+](C)(C)CCOP(C)(=O)[O-]. The first-order valence-electron chi connectivity index (χ1n) is 3.44. The lowest BCUT2D eigenvalue weighted by atomic mass is 10.5. The predicted octanol–water partition coefficient (Wildman–Crippen LogP) is -0.108. The lowest BCUT2D eigenvalue weighted by Gasteiger charge is -2.25. The van der Waals surface area contributed by atoms with Crippen LogP contribution in [0.25, 0.3) is 0 Å². The molecule has 0 aromatic rings. The van der Waals surface area contributed by atoms with E-state index in [0.717, 1.165) is 6.66 Å². The van der Waals surface area contributed by atoms with Crippen LogP contribution in [0.1, 0.15) is 0 Å². The molecule has 0 spiro atoms. The molecule has 5 heteroatoms. The number of nitrogens with zero attached hydrogens (tertiary/aromatic N) is 1. The van der Waals surface area contributed by atoms with Crippen molar-refractivity contribution in [1.82, 2.24) is 0 Å². The highest BCUT2D eigenvalue weighted by Gasteiger charge is 2.07. The van der Waals surface area contributed by atoms with Crippen molar-refractivity contribution >= 4 is 7.60 Å². The van der Waals surface area contributed by atoms with Crippen LogP contribution in [0.3, 0.4) is 0 Å². The van der Waals surface area contributed by atoms with E-state index >= 15 is 0 Å². The maximum atomic E-state index is 10.5. The molecule has 1 unspecified atom stereocenters. The molecule has 11 heavy (non-hydrogen) atoms. The van der Waals surface area contributed by atoms with Gasteiger partial charge < -0.3 is 18.5 Å². The summed E-state index contributed by atoms with van der Waals surface area (Å²) in [4.78, 5) is 10.5. The van der Waals surface area contributed by atoms with E-state index in [1.165, 1.54) is 0 Å². The Balaban J connectivity index is 3.52. The van der Waals surface area contributed by atoms with Crippen molar-refractivity contribution in [1.29, 1.82) is 0 Å². The average Bonchev–Trinajstić information content (AvgIpc) is 1.55. The van der Waals surface area contributed by atoms with Crippen LogP contribution in [-0.2, 0) is 9.09 Å². The summed E-state index contributed by atoms with van der Waals surface area (Å²) < 4.78 is 15.8. The number of rotatable bonds is 4. The van der Waals surface area contributed by atoms with Gasteiger partial charge >= 0.3 is 0 Å². The summed E-state index contributed by atoms with van der Waals surface area (Å²) in [6.45, 7) is 2.05. The van der Waals surface area contributed by atoms with Crippen LogP contribution >= 0.6 is 7.60 Å². The monoisotopic (exact) mass is 181 g/mol. The van der Waals surface area contributed by atoms with Crippen LogP contribution in [0.2, 0.25) is 0 Å². The molecule has 0 aromatic carbocycles. The third-order valence-electron chi connectivity index (χ3n) is 1.09. The Hall–Kier alpha value is 0.110. The fourth-order valence-electron chi connectivity index (χ4n) is 0.481. The second kappa shape index (κ2) is 3.68. The molecule has 0 aromatic heterocycles. The zero-order valence-corrected chi connectivity index (χ0v) is 8.43. The smallest absolute Gasteiger partial charge is 0.132 e. The minimum absolute atomic E-state index is 0.265. The Morgan fingerprint density at radius 3 is 2.18 bits per heavy atom. The van der Waals surface area contributed by atoms with Crippen LogP contribution in [0, 0.1) is 0 Å². The Bertz CT molecular complexity index is 158. The molecule has 0 aliphatic rings. The quantitative estimate of drug-likeness (QED) is 0.449. The predicted molar refractivity (Wildman–Crippen MR) is 42.4 cm³/mol. The van der Waals surface area contributed by atoms with Crippen molar-refractivity contribution in [3.8, 4) is 0 Å². The Labute approximate surface area is 67.9 Å². The van der Waals surface area contributed by atoms with Crippen molar-refractivity contribution in [3.05, 3.63) is 0 Å². The van der Waals surface area contributed by atoms with Gasteiger partial charge in [-0.2, -0.15) is 0 Å². The number of hydrogen-bond acceptors (Lipinski definition) is 3. The van der Waals surface area contributed by atoms with Gasteiger partial charge in [-0.3, -0.25) is 0 Å². The third kappa shape index (κ3) is 10.1. The van der Waals surface area contributed by atoms with Gasteiger partial charge in [-0.25, -0.2) is 0 Å². The van der Waals surface area contributed by atoms with E-state index in [4.69, 9.17) is 0 Å². The highest BCUT2D eigenvalue weighted by molar-refractivity contribution is 7.50. The molecule has 0 bridgehead atoms. The topological polar surface area (TPSA) is 49.4 Å². The number of hydrogen-bond donors (Lipinski definition) is 0. The van der Waals surface area contributed by atoms with Gasteiger partial charge in [-0.05, 0) is 0 Å². The molecular formula is C6H16NO3P. The maximum Gasteiger partial charge on any atom is 0.132 e. The Morgan fingerprint density at radius 1 is 1.45 bits per heavy atom. The zero-order valence-electron chi connectivity index (χ0n) is 7.53.